The summed E-state index contributed by atoms with van der Waals surface area (Å²) in [5.74, 6) is 1.37. The van der Waals surface area contributed by atoms with Gasteiger partial charge in [0, 0.05) is 66.0 Å². The van der Waals surface area contributed by atoms with Crippen LogP contribution in [0.15, 0.2) is 446 Å². The third-order valence-corrected chi connectivity index (χ3v) is 38.5. The van der Waals surface area contributed by atoms with E-state index in [0.717, 1.165) is 116 Å². The van der Waals surface area contributed by atoms with Crippen LogP contribution >= 0.6 is 0 Å². The molecule has 22 aromatic rings. The molecule has 0 N–H and O–H groups in total. The fourth-order valence-corrected chi connectivity index (χ4v) is 33.5. The molecular weight excluding hydrogens is 1450 g/mol. The Morgan fingerprint density at radius 1 is 0.209 bits per heavy atom. The minimum Gasteiger partial charge on any atom is -0.456 e. The lowest BCUT2D eigenvalue weighted by molar-refractivity contribution is 0.668. The van der Waals surface area contributed by atoms with Crippen molar-refractivity contribution in [2.45, 2.75) is 0 Å². The van der Waals surface area contributed by atoms with Crippen molar-refractivity contribution in [2.24, 2.45) is 0 Å². The summed E-state index contributed by atoms with van der Waals surface area (Å²) in [5, 5.41) is 24.4. The smallest absolute Gasteiger partial charge is 0.179 e. The van der Waals surface area contributed by atoms with Crippen LogP contribution in [-0.4, -0.2) is 43.3 Å². The van der Waals surface area contributed by atoms with E-state index in [1.165, 1.54) is 62.2 Å². The fraction of sp³-hybridized carbons (Fsp3) is 0. The molecule has 5 heterocycles. The molecule has 5 aromatic heterocycles. The van der Waals surface area contributed by atoms with Crippen LogP contribution in [0.4, 0.5) is 0 Å². The Bertz CT molecular complexity index is 7000. The number of benzene rings is 17. The molecule has 115 heavy (non-hydrogen) atoms. The maximum atomic E-state index is 6.54. The van der Waals surface area contributed by atoms with E-state index in [-0.39, 0.29) is 0 Å². The SMILES string of the molecule is c1ccc([Si](c2ccccc2)(c2ccccc2)c2cccc(-n3c4ccccc4c4c3ccc3c5ccccc5n(-c5cc(-c6ccc([Si](c7ccccc7)(c7ccccc7)c7ccc8oc9ccccc9c8c7)cc6)nc(-c6ccc([Si](c7ccccc7)(c7ccccc7)c7ccc8oc9ccccc9c8c7)cc6)n5)c34)c2)cc1. The van der Waals surface area contributed by atoms with Crippen LogP contribution in [0, 0.1) is 0 Å². The van der Waals surface area contributed by atoms with E-state index in [1.807, 2.05) is 12.1 Å². The van der Waals surface area contributed by atoms with Gasteiger partial charge in [0.05, 0.1) is 27.8 Å². The van der Waals surface area contributed by atoms with Gasteiger partial charge in [-0.2, -0.15) is 0 Å². The number of hydrogen-bond acceptors (Lipinski definition) is 4. The van der Waals surface area contributed by atoms with E-state index in [1.54, 1.807) is 0 Å². The Morgan fingerprint density at radius 3 is 1.01 bits per heavy atom. The first-order valence-electron chi connectivity index (χ1n) is 39.4. The van der Waals surface area contributed by atoms with Crippen molar-refractivity contribution in [1.29, 1.82) is 0 Å². The molecule has 0 fully saturated rings. The number of fused-ring (bicyclic) bond motifs is 13. The van der Waals surface area contributed by atoms with Gasteiger partial charge in [-0.05, 0) is 117 Å². The molecule has 0 saturated heterocycles. The Morgan fingerprint density at radius 2 is 0.557 bits per heavy atom. The molecule has 0 unspecified atom stereocenters. The zero-order valence-corrected chi connectivity index (χ0v) is 65.7. The summed E-state index contributed by atoms with van der Waals surface area (Å²) < 4.78 is 18.0. The van der Waals surface area contributed by atoms with E-state index >= 15 is 0 Å². The number of nitrogens with zero attached hydrogens (tertiary/aromatic N) is 4. The van der Waals surface area contributed by atoms with Gasteiger partial charge in [-0.15, -0.1) is 0 Å². The minimum atomic E-state index is -3.12. The average molecular weight is 1520 g/mol. The third kappa shape index (κ3) is 10.7. The molecule has 0 aliphatic heterocycles. The van der Waals surface area contributed by atoms with Gasteiger partial charge in [-0.1, -0.05) is 376 Å². The molecule has 22 rings (SSSR count). The molecule has 0 amide bonds. The molecule has 0 spiro atoms. The lowest BCUT2D eigenvalue weighted by Gasteiger charge is -2.34. The van der Waals surface area contributed by atoms with Crippen molar-refractivity contribution in [1.82, 2.24) is 19.1 Å². The van der Waals surface area contributed by atoms with Crippen molar-refractivity contribution >= 4 is 174 Å². The molecule has 0 saturated carbocycles. The second kappa shape index (κ2) is 27.6. The largest absolute Gasteiger partial charge is 0.456 e. The van der Waals surface area contributed by atoms with Crippen LogP contribution in [0.3, 0.4) is 0 Å². The summed E-state index contributed by atoms with van der Waals surface area (Å²) in [5.41, 5.74) is 11.6. The fourth-order valence-electron chi connectivity index (χ4n) is 19.2. The van der Waals surface area contributed by atoms with Crippen LogP contribution in [0.5, 0.6) is 0 Å². The van der Waals surface area contributed by atoms with E-state index in [4.69, 9.17) is 18.8 Å². The zero-order chi connectivity index (χ0) is 76.0. The molecule has 17 aromatic carbocycles. The molecule has 540 valence electrons. The molecule has 0 aliphatic rings. The second-order valence-electron chi connectivity index (χ2n) is 30.1. The first-order chi connectivity index (χ1) is 57.0. The van der Waals surface area contributed by atoms with E-state index in [9.17, 15) is 0 Å². The van der Waals surface area contributed by atoms with Crippen molar-refractivity contribution in [3.8, 4) is 34.2 Å². The minimum absolute atomic E-state index is 0.610. The number of rotatable bonds is 16. The highest BCUT2D eigenvalue weighted by atomic mass is 28.3. The number of aromatic nitrogens is 4. The topological polar surface area (TPSA) is 61.9 Å². The van der Waals surface area contributed by atoms with Crippen LogP contribution in [0.2, 0.25) is 0 Å². The summed E-state index contributed by atoms with van der Waals surface area (Å²) in [4.78, 5) is 11.8. The van der Waals surface area contributed by atoms with E-state index < -0.39 is 24.2 Å². The molecular formula is C106H72N4O2Si3. The van der Waals surface area contributed by atoms with Gasteiger partial charge in [0.15, 0.2) is 30.0 Å². The Labute approximate surface area is 668 Å². The van der Waals surface area contributed by atoms with Gasteiger partial charge < -0.3 is 13.4 Å². The highest BCUT2D eigenvalue weighted by Gasteiger charge is 2.45. The third-order valence-electron chi connectivity index (χ3n) is 24.2. The highest BCUT2D eigenvalue weighted by Crippen LogP contribution is 2.43. The van der Waals surface area contributed by atoms with E-state index in [2.05, 4.69) is 434 Å². The molecule has 0 radical (unpaired) electrons. The van der Waals surface area contributed by atoms with Gasteiger partial charge in [-0.3, -0.25) is 4.57 Å². The second-order valence-corrected chi connectivity index (χ2v) is 41.6. The lowest BCUT2D eigenvalue weighted by atomic mass is 10.1. The van der Waals surface area contributed by atoms with Crippen molar-refractivity contribution in [3.63, 3.8) is 0 Å². The summed E-state index contributed by atoms with van der Waals surface area (Å²) in [6.07, 6.45) is 0. The van der Waals surface area contributed by atoms with Gasteiger partial charge in [0.25, 0.3) is 0 Å². The lowest BCUT2D eigenvalue weighted by Crippen LogP contribution is -2.74. The molecule has 0 atom stereocenters. The van der Waals surface area contributed by atoms with Crippen molar-refractivity contribution in [3.05, 3.63) is 437 Å². The Kier molecular flexibility index (Phi) is 16.2. The van der Waals surface area contributed by atoms with E-state index in [0.29, 0.717) is 5.82 Å². The predicted octanol–water partition coefficient (Wildman–Crippen LogP) is 17.9. The number of furan rings is 2. The van der Waals surface area contributed by atoms with Crippen LogP contribution in [0.25, 0.3) is 122 Å². The van der Waals surface area contributed by atoms with Crippen molar-refractivity contribution < 1.29 is 8.83 Å². The van der Waals surface area contributed by atoms with Crippen LogP contribution in [0.1, 0.15) is 0 Å². The first kappa shape index (κ1) is 67.6. The van der Waals surface area contributed by atoms with Crippen molar-refractivity contribution in [2.75, 3.05) is 0 Å². The quantitative estimate of drug-likeness (QED) is 0.0714. The summed E-state index contributed by atoms with van der Waals surface area (Å²) >= 11 is 0. The molecule has 0 bridgehead atoms. The number of hydrogen-bond donors (Lipinski definition) is 0. The normalized spacial score (nSPS) is 12.2. The van der Waals surface area contributed by atoms with Crippen LogP contribution < -0.4 is 62.2 Å². The summed E-state index contributed by atoms with van der Waals surface area (Å²) in [6.45, 7) is 0. The van der Waals surface area contributed by atoms with Crippen LogP contribution in [-0.2, 0) is 0 Å². The molecule has 9 heteroatoms. The van der Waals surface area contributed by atoms with Gasteiger partial charge in [0.1, 0.15) is 28.1 Å². The maximum Gasteiger partial charge on any atom is 0.179 e. The average Bonchev–Trinajstić information content (AvgIpc) is 1.53. The summed E-state index contributed by atoms with van der Waals surface area (Å²) in [7, 11) is -9.18. The van der Waals surface area contributed by atoms with Gasteiger partial charge in [-0.25, -0.2) is 9.97 Å². The Hall–Kier alpha value is -14.3. The zero-order valence-electron chi connectivity index (χ0n) is 62.7. The monoisotopic (exact) mass is 1520 g/mol. The van der Waals surface area contributed by atoms with Gasteiger partial charge >= 0.3 is 0 Å². The first-order valence-corrected chi connectivity index (χ1v) is 45.4. The molecule has 6 nitrogen and oxygen atoms in total. The van der Waals surface area contributed by atoms with Gasteiger partial charge in [0.2, 0.25) is 0 Å². The predicted molar refractivity (Wildman–Crippen MR) is 487 cm³/mol. The standard InChI is InChI=1S/C106H72N4O2Si3/c1-8-32-76(33-9-1)113(77-34-10-2-11-35-77,78-36-12-3-13-37-78)85-46-30-31-75(69-85)109-97-52-27-23-50-92(97)104-98(109)66-65-91-88-47-22-26-51-96(88)110(105(91)104)103-72-95(73-55-59-83(60-56-73)114(79-38-14-4-15-39-79,80-40-16-5-17-41-80)86-63-67-101-93(70-86)89-48-24-28-53-99(89)111-101)107-106(108-103)74-57-61-84(62-58-74)115(81-42-18-6-19-43-81,82-44-20-7-21-45-82)87-64-68-102-94(71-87)90-49-25-29-54-100(90)112-102/h1-72H. The maximum absolute atomic E-state index is 6.54. The summed E-state index contributed by atoms with van der Waals surface area (Å²) in [6, 6.07) is 162. The molecule has 0 aliphatic carbocycles. The number of para-hydroxylation sites is 4. The Balaban J connectivity index is 0.777. The highest BCUT2D eigenvalue weighted by molar-refractivity contribution is 7.21.